The minimum atomic E-state index is -0.279. The lowest BCUT2D eigenvalue weighted by Crippen LogP contribution is -2.41. The summed E-state index contributed by atoms with van der Waals surface area (Å²) in [6, 6.07) is 0. The van der Waals surface area contributed by atoms with Crippen LogP contribution in [0.3, 0.4) is 0 Å². The van der Waals surface area contributed by atoms with E-state index in [9.17, 15) is 0 Å². The Labute approximate surface area is 97.6 Å². The first-order valence-corrected chi connectivity index (χ1v) is 8.64. The highest BCUT2D eigenvalue weighted by molar-refractivity contribution is 6.37. The van der Waals surface area contributed by atoms with Crippen LogP contribution >= 0.6 is 0 Å². The molecule has 0 aromatic carbocycles. The van der Waals surface area contributed by atoms with Crippen molar-refractivity contribution in [3.05, 3.63) is 0 Å². The van der Waals surface area contributed by atoms with Crippen molar-refractivity contribution in [2.24, 2.45) is 0 Å². The van der Waals surface area contributed by atoms with Gasteiger partial charge in [0.1, 0.15) is 5.41 Å². The third-order valence-electron chi connectivity index (χ3n) is 2.80. The van der Waals surface area contributed by atoms with E-state index in [0.717, 1.165) is 32.5 Å². The molecular formula is C12H28O2Si. The Balaban J connectivity index is 3.93. The lowest BCUT2D eigenvalue weighted by Gasteiger charge is -2.32. The van der Waals surface area contributed by atoms with Gasteiger partial charge in [-0.1, -0.05) is 40.2 Å². The molecule has 3 heteroatoms. The van der Waals surface area contributed by atoms with Gasteiger partial charge in [-0.3, -0.25) is 0 Å². The summed E-state index contributed by atoms with van der Waals surface area (Å²) in [5.41, 5.74) is -0.176. The molecule has 0 heterocycles. The van der Waals surface area contributed by atoms with E-state index < -0.39 is 0 Å². The molecule has 0 aromatic rings. The molecule has 0 aliphatic heterocycles. The summed E-state index contributed by atoms with van der Waals surface area (Å²) in [4.78, 5) is 0. The third-order valence-corrected chi connectivity index (χ3v) is 4.79. The van der Waals surface area contributed by atoms with Crippen molar-refractivity contribution in [1.82, 2.24) is 0 Å². The van der Waals surface area contributed by atoms with Gasteiger partial charge in [-0.15, -0.1) is 0 Å². The van der Waals surface area contributed by atoms with Crippen molar-refractivity contribution in [2.75, 3.05) is 13.2 Å². The molecule has 92 valence electrons. The smallest absolute Gasteiger partial charge is 0.144 e. The maximum Gasteiger partial charge on any atom is 0.144 e. The monoisotopic (exact) mass is 232 g/mol. The molecule has 0 radical (unpaired) electrons. The largest absolute Gasteiger partial charge is 0.354 e. The average molecular weight is 232 g/mol. The first-order valence-electron chi connectivity index (χ1n) is 6.52. The Morgan fingerprint density at radius 2 is 1.40 bits per heavy atom. The predicted molar refractivity (Wildman–Crippen MR) is 69.2 cm³/mol. The second-order valence-corrected chi connectivity index (χ2v) is 5.81. The molecule has 0 N–H and O–H groups in total. The van der Waals surface area contributed by atoms with Crippen LogP contribution in [-0.2, 0) is 9.47 Å². The molecule has 0 aliphatic carbocycles. The molecule has 0 saturated carbocycles. The first-order chi connectivity index (χ1) is 7.24. The van der Waals surface area contributed by atoms with Crippen LogP contribution in [0.4, 0.5) is 0 Å². The van der Waals surface area contributed by atoms with Crippen molar-refractivity contribution < 1.29 is 9.47 Å². The summed E-state index contributed by atoms with van der Waals surface area (Å²) in [6.07, 6.45) is 5.68. The summed E-state index contributed by atoms with van der Waals surface area (Å²) in [5.74, 6) is 0. The molecular weight excluding hydrogens is 204 g/mol. The highest BCUT2D eigenvalue weighted by Crippen LogP contribution is 2.18. The molecule has 15 heavy (non-hydrogen) atoms. The van der Waals surface area contributed by atoms with Crippen molar-refractivity contribution >= 4 is 9.52 Å². The topological polar surface area (TPSA) is 18.5 Å². The van der Waals surface area contributed by atoms with Crippen LogP contribution in [0.5, 0.6) is 0 Å². The van der Waals surface area contributed by atoms with Gasteiger partial charge in [0.15, 0.2) is 0 Å². The van der Waals surface area contributed by atoms with Crippen LogP contribution in [0.1, 0.15) is 52.9 Å². The summed E-state index contributed by atoms with van der Waals surface area (Å²) >= 11 is 0. The quantitative estimate of drug-likeness (QED) is 0.327. The molecule has 0 unspecified atom stereocenters. The number of hydrogen-bond acceptors (Lipinski definition) is 2. The first kappa shape index (κ1) is 15.1. The number of ether oxygens (including phenoxy) is 2. The van der Waals surface area contributed by atoms with Gasteiger partial charge in [-0.25, -0.2) is 0 Å². The number of unbranched alkanes of at least 4 members (excludes halogenated alkanes) is 2. The van der Waals surface area contributed by atoms with E-state index in [2.05, 4.69) is 27.3 Å². The zero-order chi connectivity index (χ0) is 11.6. The van der Waals surface area contributed by atoms with Crippen LogP contribution in [0.2, 0.25) is 6.55 Å². The Morgan fingerprint density at radius 3 is 1.67 bits per heavy atom. The molecule has 2 nitrogen and oxygen atoms in total. The van der Waals surface area contributed by atoms with Gasteiger partial charge >= 0.3 is 0 Å². The predicted octanol–water partition coefficient (Wildman–Crippen LogP) is 2.90. The zero-order valence-electron chi connectivity index (χ0n) is 11.0. The van der Waals surface area contributed by atoms with Crippen LogP contribution in [0.25, 0.3) is 0 Å². The maximum atomic E-state index is 5.95. The van der Waals surface area contributed by atoms with Gasteiger partial charge in [0.2, 0.25) is 0 Å². The summed E-state index contributed by atoms with van der Waals surface area (Å²) in [6.45, 7) is 10.6. The average Bonchev–Trinajstić information content (AvgIpc) is 2.28. The summed E-state index contributed by atoms with van der Waals surface area (Å²) < 4.78 is 11.9. The van der Waals surface area contributed by atoms with Gasteiger partial charge in [0.05, 0.1) is 9.52 Å². The molecule has 0 rings (SSSR count). The molecule has 0 aliphatic rings. The van der Waals surface area contributed by atoms with E-state index in [0.29, 0.717) is 0 Å². The third kappa shape index (κ3) is 6.33. The lowest BCUT2D eigenvalue weighted by molar-refractivity contribution is -0.183. The molecule has 0 fully saturated rings. The molecule has 0 bridgehead atoms. The van der Waals surface area contributed by atoms with E-state index in [-0.39, 0.29) is 14.9 Å². The lowest BCUT2D eigenvalue weighted by atomic mass is 10.3. The van der Waals surface area contributed by atoms with E-state index in [1.54, 1.807) is 0 Å². The number of hydrogen-bond donors (Lipinski definition) is 0. The van der Waals surface area contributed by atoms with Crippen LogP contribution < -0.4 is 0 Å². The van der Waals surface area contributed by atoms with Gasteiger partial charge in [0, 0.05) is 13.2 Å². The van der Waals surface area contributed by atoms with Gasteiger partial charge in [0.25, 0.3) is 0 Å². The molecule has 0 amide bonds. The second kappa shape index (κ2) is 9.37. The fourth-order valence-corrected chi connectivity index (χ4v) is 2.70. The summed E-state index contributed by atoms with van der Waals surface area (Å²) in [7, 11) is -0.279. The van der Waals surface area contributed by atoms with E-state index in [1.165, 1.54) is 12.8 Å². The maximum absolute atomic E-state index is 5.95. The Bertz CT molecular complexity index is 124. The fraction of sp³-hybridized carbons (Fsp3) is 1.00. The number of rotatable bonds is 10. The Kier molecular flexibility index (Phi) is 9.45. The van der Waals surface area contributed by atoms with Crippen molar-refractivity contribution in [3.63, 3.8) is 0 Å². The van der Waals surface area contributed by atoms with Crippen LogP contribution in [0.15, 0.2) is 0 Å². The van der Waals surface area contributed by atoms with E-state index in [1.807, 2.05) is 0 Å². The SMILES string of the molecule is CCCCOC(CC)(OCCCC)[SiH2]C. The van der Waals surface area contributed by atoms with Gasteiger partial charge in [-0.05, 0) is 19.3 Å². The van der Waals surface area contributed by atoms with Crippen LogP contribution in [0, 0.1) is 0 Å². The van der Waals surface area contributed by atoms with Crippen molar-refractivity contribution in [3.8, 4) is 0 Å². The van der Waals surface area contributed by atoms with Crippen molar-refractivity contribution in [2.45, 2.75) is 64.8 Å². The molecule has 0 atom stereocenters. The normalized spacial score (nSPS) is 12.8. The molecule has 0 spiro atoms. The Hall–Kier alpha value is 0.137. The Morgan fingerprint density at radius 1 is 0.933 bits per heavy atom. The van der Waals surface area contributed by atoms with Crippen molar-refractivity contribution in [1.29, 1.82) is 0 Å². The highest BCUT2D eigenvalue weighted by Gasteiger charge is 2.27. The van der Waals surface area contributed by atoms with Crippen LogP contribution in [-0.4, -0.2) is 28.1 Å². The second-order valence-electron chi connectivity index (χ2n) is 4.02. The molecule has 0 aromatic heterocycles. The van der Waals surface area contributed by atoms with E-state index in [4.69, 9.17) is 9.47 Å². The van der Waals surface area contributed by atoms with E-state index >= 15 is 0 Å². The fourth-order valence-electron chi connectivity index (χ4n) is 1.50. The summed E-state index contributed by atoms with van der Waals surface area (Å²) in [5, 5.41) is 0. The standard InChI is InChI=1S/C12H28O2Si/c1-5-8-10-13-12(7-3,15-4)14-11-9-6-2/h5-11,15H2,1-4H3. The molecule has 0 saturated heterocycles. The van der Waals surface area contributed by atoms with Gasteiger partial charge < -0.3 is 9.47 Å². The zero-order valence-corrected chi connectivity index (χ0v) is 12.4. The minimum Gasteiger partial charge on any atom is -0.354 e. The highest BCUT2D eigenvalue weighted by atomic mass is 28.2. The minimum absolute atomic E-state index is 0.176. The van der Waals surface area contributed by atoms with Gasteiger partial charge in [-0.2, -0.15) is 0 Å².